The zero-order valence-corrected chi connectivity index (χ0v) is 23.1. The Kier molecular flexibility index (Phi) is 19.6. The van der Waals surface area contributed by atoms with Gasteiger partial charge in [-0.25, -0.2) is 4.79 Å². The van der Waals surface area contributed by atoms with E-state index in [9.17, 15) is 4.79 Å². The van der Waals surface area contributed by atoms with Gasteiger partial charge in [-0.2, -0.15) is 15.0 Å². The van der Waals surface area contributed by atoms with E-state index in [0.29, 0.717) is 0 Å². The second-order valence-corrected chi connectivity index (χ2v) is 9.10. The monoisotopic (exact) mass is 460 g/mol. The van der Waals surface area contributed by atoms with Crippen LogP contribution in [-0.2, 0) is 4.79 Å². The molecule has 32 heavy (non-hydrogen) atoms. The summed E-state index contributed by atoms with van der Waals surface area (Å²) >= 11 is 0. The second-order valence-electron chi connectivity index (χ2n) is 9.10. The molecule has 1 aromatic rings. The molecule has 2 atom stereocenters. The molecule has 0 bridgehead atoms. The van der Waals surface area contributed by atoms with Gasteiger partial charge in [0.15, 0.2) is 0 Å². The summed E-state index contributed by atoms with van der Waals surface area (Å²) in [4.78, 5) is 21.0. The van der Waals surface area contributed by atoms with E-state index in [1.165, 1.54) is 51.0 Å². The SMILES string of the molecule is C/C(=C\C(=O)O)CCC[C@H](C)CCC[C@H](C)CCCC(C)C.Nc1nc(N)nc(N)n1.[H-].[Na+]. The number of hydrogen-bond donors (Lipinski definition) is 4. The van der Waals surface area contributed by atoms with Crippen molar-refractivity contribution in [1.29, 1.82) is 0 Å². The second kappa shape index (κ2) is 19.1. The van der Waals surface area contributed by atoms with Gasteiger partial charge in [-0.1, -0.05) is 78.2 Å². The maximum Gasteiger partial charge on any atom is 1.00 e. The Balaban J connectivity index is -0.000000685. The van der Waals surface area contributed by atoms with Crippen LogP contribution in [0.4, 0.5) is 17.8 Å². The van der Waals surface area contributed by atoms with E-state index in [1.54, 1.807) is 0 Å². The molecule has 0 saturated carbocycles. The van der Waals surface area contributed by atoms with E-state index in [4.69, 9.17) is 22.3 Å². The molecular weight excluding hydrogens is 415 g/mol. The smallest absolute Gasteiger partial charge is 1.00 e. The topological polar surface area (TPSA) is 154 Å². The summed E-state index contributed by atoms with van der Waals surface area (Å²) in [5, 5.41) is 8.68. The summed E-state index contributed by atoms with van der Waals surface area (Å²) in [6.07, 6.45) is 12.7. The Morgan fingerprint density at radius 3 is 1.59 bits per heavy atom. The molecule has 0 amide bonds. The van der Waals surface area contributed by atoms with Crippen molar-refractivity contribution in [3.63, 3.8) is 0 Å². The van der Waals surface area contributed by atoms with Crippen LogP contribution >= 0.6 is 0 Å². The zero-order chi connectivity index (χ0) is 23.8. The number of hydrogen-bond acceptors (Lipinski definition) is 7. The first-order valence-corrected chi connectivity index (χ1v) is 11.4. The largest absolute Gasteiger partial charge is 1.00 e. The fourth-order valence-electron chi connectivity index (χ4n) is 3.42. The molecule has 0 radical (unpaired) electrons. The fourth-order valence-corrected chi connectivity index (χ4v) is 3.42. The van der Waals surface area contributed by atoms with Crippen molar-refractivity contribution in [1.82, 2.24) is 15.0 Å². The van der Waals surface area contributed by atoms with Gasteiger partial charge in [0.1, 0.15) is 0 Å². The number of anilines is 3. The number of nitrogens with two attached hydrogens (primary N) is 3. The minimum atomic E-state index is -0.822. The van der Waals surface area contributed by atoms with E-state index in [1.807, 2.05) is 6.92 Å². The third-order valence-corrected chi connectivity index (χ3v) is 5.20. The molecule has 0 aliphatic heterocycles. The number of carbonyl (C=O) groups is 1. The third kappa shape index (κ3) is 20.5. The fraction of sp³-hybridized carbons (Fsp3) is 0.739. The Bertz CT molecular complexity index is 626. The van der Waals surface area contributed by atoms with Gasteiger partial charge >= 0.3 is 35.5 Å². The van der Waals surface area contributed by atoms with E-state index in [2.05, 4.69) is 42.6 Å². The summed E-state index contributed by atoms with van der Waals surface area (Å²) in [7, 11) is 0. The van der Waals surface area contributed by atoms with Crippen molar-refractivity contribution < 1.29 is 40.9 Å². The van der Waals surface area contributed by atoms with Crippen molar-refractivity contribution >= 4 is 23.8 Å². The van der Waals surface area contributed by atoms with Crippen LogP contribution in [0.1, 0.15) is 93.8 Å². The van der Waals surface area contributed by atoms with E-state index in [-0.39, 0.29) is 48.8 Å². The molecule has 8 nitrogen and oxygen atoms in total. The molecule has 1 aromatic heterocycles. The number of nitrogen functional groups attached to an aromatic ring is 3. The molecule has 0 fully saturated rings. The quantitative estimate of drug-likeness (QED) is 0.258. The summed E-state index contributed by atoms with van der Waals surface area (Å²) in [5.74, 6) is 1.77. The van der Waals surface area contributed by atoms with Crippen molar-refractivity contribution in [2.75, 3.05) is 17.2 Å². The molecule has 0 spiro atoms. The summed E-state index contributed by atoms with van der Waals surface area (Å²) in [5.41, 5.74) is 16.4. The molecule has 9 heteroatoms. The number of nitrogens with zero attached hydrogens (tertiary/aromatic N) is 3. The number of allylic oxidation sites excluding steroid dienone is 1. The Morgan fingerprint density at radius 1 is 0.844 bits per heavy atom. The number of rotatable bonds is 13. The van der Waals surface area contributed by atoms with Crippen molar-refractivity contribution in [2.45, 2.75) is 92.4 Å². The predicted octanol–water partition coefficient (Wildman–Crippen LogP) is 2.19. The van der Waals surface area contributed by atoms with Crippen LogP contribution in [0, 0.1) is 17.8 Å². The number of aliphatic carboxylic acids is 1. The number of carboxylic acids is 1. The van der Waals surface area contributed by atoms with Gasteiger partial charge in [0, 0.05) is 6.08 Å². The Morgan fingerprint density at radius 2 is 1.22 bits per heavy atom. The van der Waals surface area contributed by atoms with E-state index in [0.717, 1.165) is 36.2 Å². The van der Waals surface area contributed by atoms with Crippen LogP contribution in [0.3, 0.4) is 0 Å². The molecule has 180 valence electrons. The van der Waals surface area contributed by atoms with Crippen LogP contribution in [0.2, 0.25) is 0 Å². The molecule has 7 N–H and O–H groups in total. The summed E-state index contributed by atoms with van der Waals surface area (Å²) in [6.45, 7) is 11.3. The normalized spacial score (nSPS) is 13.0. The molecule has 1 heterocycles. The average Bonchev–Trinajstić information content (AvgIpc) is 2.60. The van der Waals surface area contributed by atoms with Crippen LogP contribution in [0.25, 0.3) is 0 Å². The maximum absolute atomic E-state index is 10.5. The predicted molar refractivity (Wildman–Crippen MR) is 130 cm³/mol. The number of carboxylic acid groups (broad SMARTS) is 1. The first-order chi connectivity index (χ1) is 14.5. The molecule has 0 aliphatic rings. The van der Waals surface area contributed by atoms with Crippen LogP contribution in [0.5, 0.6) is 0 Å². The van der Waals surface area contributed by atoms with Gasteiger partial charge in [-0.05, 0) is 37.5 Å². The molecule has 0 saturated heterocycles. The number of aromatic nitrogens is 3. The Hall–Kier alpha value is -1.38. The van der Waals surface area contributed by atoms with Crippen LogP contribution < -0.4 is 46.8 Å². The minimum Gasteiger partial charge on any atom is -1.00 e. The van der Waals surface area contributed by atoms with E-state index < -0.39 is 5.97 Å². The molecule has 0 unspecified atom stereocenters. The van der Waals surface area contributed by atoms with Gasteiger partial charge in [0.05, 0.1) is 0 Å². The Labute approximate surface area is 218 Å². The third-order valence-electron chi connectivity index (χ3n) is 5.20. The first kappa shape index (κ1) is 32.8. The standard InChI is InChI=1S/C20H38O2.C3H6N6.Na.H/c1-16(2)9-6-10-17(3)11-7-12-18(4)13-8-14-19(5)15-20(21)22;4-1-7-2(5)9-3(6)8-1;;/h15-18H,6-14H2,1-5H3,(H,21,22);(H6,4,5,6,7,8,9);;/q;;+1;-1/b19-15+;;;/t17-,18-;;;/m1.../s1. The van der Waals surface area contributed by atoms with Gasteiger partial charge in [0.2, 0.25) is 17.8 Å². The summed E-state index contributed by atoms with van der Waals surface area (Å²) < 4.78 is 0. The van der Waals surface area contributed by atoms with Crippen molar-refractivity contribution in [2.24, 2.45) is 17.8 Å². The minimum absolute atomic E-state index is 0. The molecule has 0 aliphatic carbocycles. The van der Waals surface area contributed by atoms with Gasteiger partial charge < -0.3 is 23.7 Å². The van der Waals surface area contributed by atoms with Crippen molar-refractivity contribution in [3.05, 3.63) is 11.6 Å². The van der Waals surface area contributed by atoms with Crippen LogP contribution in [-0.4, -0.2) is 26.0 Å². The molecule has 0 aromatic carbocycles. The summed E-state index contributed by atoms with van der Waals surface area (Å²) in [6, 6.07) is 0. The van der Waals surface area contributed by atoms with Crippen molar-refractivity contribution in [3.8, 4) is 0 Å². The van der Waals surface area contributed by atoms with Gasteiger partial charge in [-0.15, -0.1) is 0 Å². The maximum atomic E-state index is 10.5. The van der Waals surface area contributed by atoms with Gasteiger partial charge in [-0.3, -0.25) is 0 Å². The van der Waals surface area contributed by atoms with E-state index >= 15 is 0 Å². The van der Waals surface area contributed by atoms with Crippen LogP contribution in [0.15, 0.2) is 11.6 Å². The zero-order valence-electron chi connectivity index (χ0n) is 22.1. The first-order valence-electron chi connectivity index (χ1n) is 11.4. The molecule has 1 rings (SSSR count). The average molecular weight is 461 g/mol. The molecular formula is C23H45N6NaO2. The van der Waals surface area contributed by atoms with Gasteiger partial charge in [0.25, 0.3) is 0 Å².